The van der Waals surface area contributed by atoms with Crippen LogP contribution in [-0.4, -0.2) is 13.0 Å². The molecular weight excluding hydrogens is 332 g/mol. The topological polar surface area (TPSA) is 64.3 Å². The van der Waals surface area contributed by atoms with E-state index in [0.29, 0.717) is 27.9 Å². The first kappa shape index (κ1) is 17.8. The van der Waals surface area contributed by atoms with E-state index < -0.39 is 0 Å². The van der Waals surface area contributed by atoms with Crippen molar-refractivity contribution in [3.63, 3.8) is 0 Å². The Morgan fingerprint density at radius 2 is 2.12 bits per heavy atom. The first-order chi connectivity index (χ1) is 11.8. The summed E-state index contributed by atoms with van der Waals surface area (Å²) in [7, 11) is 1.61. The zero-order chi connectivity index (χ0) is 18.2. The molecule has 1 aliphatic rings. The quantitative estimate of drug-likeness (QED) is 0.833. The second kappa shape index (κ2) is 6.71. The van der Waals surface area contributed by atoms with Gasteiger partial charge in [-0.25, -0.2) is 0 Å². The molecule has 0 saturated heterocycles. The summed E-state index contributed by atoms with van der Waals surface area (Å²) in [5.41, 5.74) is 9.02. The number of fused-ring (bicyclic) bond motifs is 1. The van der Waals surface area contributed by atoms with Gasteiger partial charge in [0.1, 0.15) is 5.75 Å². The van der Waals surface area contributed by atoms with Gasteiger partial charge in [0.05, 0.1) is 17.7 Å². The maximum absolute atomic E-state index is 12.8. The highest BCUT2D eigenvalue weighted by Crippen LogP contribution is 2.43. The Labute approximate surface area is 153 Å². The average Bonchev–Trinajstić information content (AvgIpc) is 2.89. The minimum atomic E-state index is -0.127. The van der Waals surface area contributed by atoms with Crippen molar-refractivity contribution in [2.45, 2.75) is 40.0 Å². The molecule has 0 radical (unpaired) electrons. The zero-order valence-electron chi connectivity index (χ0n) is 15.3. The third-order valence-corrected chi connectivity index (χ3v) is 6.16. The average molecular weight is 359 g/mol. The number of methoxy groups -OCH3 is 1. The van der Waals surface area contributed by atoms with E-state index in [1.807, 2.05) is 24.3 Å². The SMILES string of the molecule is COc1cccc(NC(=O)c2c(N)sc3c2CCC(C(C)(C)C)C3)c1. The third-order valence-electron chi connectivity index (χ3n) is 5.07. The molecule has 4 nitrogen and oxygen atoms in total. The molecule has 134 valence electrons. The summed E-state index contributed by atoms with van der Waals surface area (Å²) in [4.78, 5) is 14.1. The van der Waals surface area contributed by atoms with Gasteiger partial charge >= 0.3 is 0 Å². The smallest absolute Gasteiger partial charge is 0.258 e. The molecule has 0 aliphatic heterocycles. The van der Waals surface area contributed by atoms with Crippen molar-refractivity contribution in [2.75, 3.05) is 18.2 Å². The minimum Gasteiger partial charge on any atom is -0.497 e. The third kappa shape index (κ3) is 3.66. The lowest BCUT2D eigenvalue weighted by molar-refractivity contribution is 0.102. The first-order valence-corrected chi connectivity index (χ1v) is 9.46. The Morgan fingerprint density at radius 1 is 1.36 bits per heavy atom. The van der Waals surface area contributed by atoms with E-state index in [4.69, 9.17) is 10.5 Å². The number of carbonyl (C=O) groups is 1. The number of ether oxygens (including phenoxy) is 1. The van der Waals surface area contributed by atoms with Crippen molar-refractivity contribution >= 4 is 27.9 Å². The van der Waals surface area contributed by atoms with Crippen molar-refractivity contribution in [2.24, 2.45) is 11.3 Å². The van der Waals surface area contributed by atoms with Crippen LogP contribution < -0.4 is 15.8 Å². The number of rotatable bonds is 3. The van der Waals surface area contributed by atoms with Crippen LogP contribution in [0.4, 0.5) is 10.7 Å². The van der Waals surface area contributed by atoms with Crippen molar-refractivity contribution < 1.29 is 9.53 Å². The number of amides is 1. The number of nitrogen functional groups attached to an aromatic ring is 1. The Hall–Kier alpha value is -2.01. The summed E-state index contributed by atoms with van der Waals surface area (Å²) < 4.78 is 5.21. The normalized spacial score (nSPS) is 17.0. The van der Waals surface area contributed by atoms with Gasteiger partial charge in [0.2, 0.25) is 0 Å². The fourth-order valence-corrected chi connectivity index (χ4v) is 4.69. The van der Waals surface area contributed by atoms with Crippen LogP contribution in [0.2, 0.25) is 0 Å². The second-order valence-corrected chi connectivity index (χ2v) is 8.87. The molecule has 1 atom stereocenters. The molecule has 0 fully saturated rings. The Kier molecular flexibility index (Phi) is 4.78. The Balaban J connectivity index is 1.84. The van der Waals surface area contributed by atoms with Crippen LogP contribution in [0, 0.1) is 11.3 Å². The van der Waals surface area contributed by atoms with Gasteiger partial charge in [-0.1, -0.05) is 26.8 Å². The van der Waals surface area contributed by atoms with Crippen LogP contribution in [0.25, 0.3) is 0 Å². The minimum absolute atomic E-state index is 0.127. The van der Waals surface area contributed by atoms with E-state index in [9.17, 15) is 4.79 Å². The lowest BCUT2D eigenvalue weighted by atomic mass is 9.72. The van der Waals surface area contributed by atoms with E-state index >= 15 is 0 Å². The lowest BCUT2D eigenvalue weighted by Gasteiger charge is -2.33. The molecule has 0 bridgehead atoms. The van der Waals surface area contributed by atoms with Gasteiger partial charge in [-0.3, -0.25) is 4.79 Å². The number of carbonyl (C=O) groups excluding carboxylic acids is 1. The standard InChI is InChI=1S/C20H26N2O2S/c1-20(2,3)12-8-9-15-16(10-12)25-18(21)17(15)19(23)22-13-6-5-7-14(11-13)24-4/h5-7,11-12H,8-10,21H2,1-4H3,(H,22,23). The summed E-state index contributed by atoms with van der Waals surface area (Å²) in [6.45, 7) is 6.86. The van der Waals surface area contributed by atoms with Gasteiger partial charge in [0, 0.05) is 16.6 Å². The predicted octanol–water partition coefficient (Wildman–Crippen LogP) is 4.74. The molecule has 1 heterocycles. The van der Waals surface area contributed by atoms with Crippen molar-refractivity contribution in [3.8, 4) is 5.75 Å². The number of nitrogens with one attached hydrogen (secondary N) is 1. The van der Waals surface area contributed by atoms with Gasteiger partial charge in [-0.15, -0.1) is 11.3 Å². The molecule has 1 aromatic heterocycles. The molecule has 1 unspecified atom stereocenters. The van der Waals surface area contributed by atoms with E-state index in [2.05, 4.69) is 26.1 Å². The lowest BCUT2D eigenvalue weighted by Crippen LogP contribution is -2.27. The zero-order valence-corrected chi connectivity index (χ0v) is 16.1. The predicted molar refractivity (Wildman–Crippen MR) is 105 cm³/mol. The van der Waals surface area contributed by atoms with Gasteiger partial charge < -0.3 is 15.8 Å². The number of hydrogen-bond acceptors (Lipinski definition) is 4. The van der Waals surface area contributed by atoms with E-state index in [1.165, 1.54) is 4.88 Å². The Morgan fingerprint density at radius 3 is 2.80 bits per heavy atom. The molecule has 1 aliphatic carbocycles. The highest BCUT2D eigenvalue weighted by atomic mass is 32.1. The second-order valence-electron chi connectivity index (χ2n) is 7.73. The maximum Gasteiger partial charge on any atom is 0.258 e. The number of benzene rings is 1. The molecular formula is C20H26N2O2S. The van der Waals surface area contributed by atoms with Gasteiger partial charge in [0.25, 0.3) is 5.91 Å². The largest absolute Gasteiger partial charge is 0.497 e. The monoisotopic (exact) mass is 358 g/mol. The number of nitrogens with two attached hydrogens (primary N) is 1. The van der Waals surface area contributed by atoms with Crippen LogP contribution in [0.15, 0.2) is 24.3 Å². The van der Waals surface area contributed by atoms with Crippen LogP contribution >= 0.6 is 11.3 Å². The summed E-state index contributed by atoms with van der Waals surface area (Å²) in [6.07, 6.45) is 3.04. The molecule has 0 saturated carbocycles. The molecule has 1 amide bonds. The fraction of sp³-hybridized carbons (Fsp3) is 0.450. The summed E-state index contributed by atoms with van der Waals surface area (Å²) >= 11 is 1.58. The molecule has 3 rings (SSSR count). The van der Waals surface area contributed by atoms with Crippen LogP contribution in [-0.2, 0) is 12.8 Å². The highest BCUT2D eigenvalue weighted by molar-refractivity contribution is 7.16. The molecule has 5 heteroatoms. The molecule has 0 spiro atoms. The summed E-state index contributed by atoms with van der Waals surface area (Å²) in [5.74, 6) is 1.22. The van der Waals surface area contributed by atoms with Crippen molar-refractivity contribution in [3.05, 3.63) is 40.3 Å². The maximum atomic E-state index is 12.8. The van der Waals surface area contributed by atoms with E-state index in [-0.39, 0.29) is 11.3 Å². The molecule has 2 aromatic rings. The number of hydrogen-bond donors (Lipinski definition) is 2. The first-order valence-electron chi connectivity index (χ1n) is 8.65. The number of anilines is 2. The van der Waals surface area contributed by atoms with Gasteiger partial charge in [-0.2, -0.15) is 0 Å². The van der Waals surface area contributed by atoms with Crippen LogP contribution in [0.5, 0.6) is 5.75 Å². The number of thiophene rings is 1. The van der Waals surface area contributed by atoms with Crippen LogP contribution in [0.1, 0.15) is 48.0 Å². The molecule has 25 heavy (non-hydrogen) atoms. The molecule has 3 N–H and O–H groups in total. The summed E-state index contributed by atoms with van der Waals surface area (Å²) in [5, 5.41) is 3.58. The van der Waals surface area contributed by atoms with Crippen molar-refractivity contribution in [1.82, 2.24) is 0 Å². The highest BCUT2D eigenvalue weighted by Gasteiger charge is 2.33. The van der Waals surface area contributed by atoms with E-state index in [0.717, 1.165) is 24.8 Å². The van der Waals surface area contributed by atoms with Gasteiger partial charge in [0.15, 0.2) is 0 Å². The fourth-order valence-electron chi connectivity index (χ4n) is 3.49. The molecule has 1 aromatic carbocycles. The van der Waals surface area contributed by atoms with Gasteiger partial charge in [-0.05, 0) is 48.3 Å². The van der Waals surface area contributed by atoms with Crippen LogP contribution in [0.3, 0.4) is 0 Å². The van der Waals surface area contributed by atoms with E-state index in [1.54, 1.807) is 18.4 Å². The Bertz CT molecular complexity index is 789. The van der Waals surface area contributed by atoms with Crippen molar-refractivity contribution in [1.29, 1.82) is 0 Å². The summed E-state index contributed by atoms with van der Waals surface area (Å²) in [6, 6.07) is 7.37.